The van der Waals surface area contributed by atoms with Crippen molar-refractivity contribution in [1.82, 2.24) is 4.98 Å². The third-order valence-corrected chi connectivity index (χ3v) is 4.28. The first-order valence-corrected chi connectivity index (χ1v) is 8.67. The van der Waals surface area contributed by atoms with Gasteiger partial charge >= 0.3 is 5.97 Å². The number of hydrogen-bond acceptors (Lipinski definition) is 5. The minimum absolute atomic E-state index is 0.193. The second-order valence-electron chi connectivity index (χ2n) is 6.44. The number of nitrogens with zero attached hydrogens (tertiary/aromatic N) is 1. The Morgan fingerprint density at radius 1 is 1.23 bits per heavy atom. The summed E-state index contributed by atoms with van der Waals surface area (Å²) in [5.74, 6) is 0.283. The van der Waals surface area contributed by atoms with Crippen LogP contribution < -0.4 is 4.74 Å². The number of aldehydes is 1. The van der Waals surface area contributed by atoms with Gasteiger partial charge in [0.25, 0.3) is 0 Å². The zero-order valence-electron chi connectivity index (χ0n) is 16.0. The van der Waals surface area contributed by atoms with Crippen LogP contribution in [0.15, 0.2) is 24.3 Å². The Kier molecular flexibility index (Phi) is 6.50. The third-order valence-electron chi connectivity index (χ3n) is 4.28. The summed E-state index contributed by atoms with van der Waals surface area (Å²) in [6.07, 6.45) is 1.28. The van der Waals surface area contributed by atoms with Crippen LogP contribution in [-0.2, 0) is 9.53 Å². The maximum absolute atomic E-state index is 11.2. The monoisotopic (exact) mass is 355 g/mol. The van der Waals surface area contributed by atoms with Crippen molar-refractivity contribution < 1.29 is 19.1 Å². The molecule has 5 nitrogen and oxygen atoms in total. The predicted octanol–water partition coefficient (Wildman–Crippen LogP) is 4.21. The number of benzene rings is 1. The molecule has 1 aromatic carbocycles. The first-order valence-electron chi connectivity index (χ1n) is 8.67. The van der Waals surface area contributed by atoms with Gasteiger partial charge in [-0.05, 0) is 44.9 Å². The molecule has 0 aliphatic rings. The van der Waals surface area contributed by atoms with Crippen LogP contribution in [0.25, 0.3) is 11.1 Å². The Morgan fingerprint density at radius 2 is 1.96 bits per heavy atom. The molecule has 1 aromatic heterocycles. The van der Waals surface area contributed by atoms with Crippen molar-refractivity contribution in [3.63, 3.8) is 0 Å². The fourth-order valence-corrected chi connectivity index (χ4v) is 2.84. The Balaban J connectivity index is 2.18. The van der Waals surface area contributed by atoms with E-state index >= 15 is 0 Å². The molecule has 0 radical (unpaired) electrons. The van der Waals surface area contributed by atoms with E-state index in [1.165, 1.54) is 6.92 Å². The van der Waals surface area contributed by atoms with Crippen LogP contribution in [0, 0.1) is 20.8 Å². The third kappa shape index (κ3) is 4.69. The van der Waals surface area contributed by atoms with Crippen LogP contribution in [-0.4, -0.2) is 30.0 Å². The van der Waals surface area contributed by atoms with Gasteiger partial charge in [0.2, 0.25) is 5.88 Å². The smallest absolute Gasteiger partial charge is 0.302 e. The summed E-state index contributed by atoms with van der Waals surface area (Å²) >= 11 is 0. The fraction of sp³-hybridized carbons (Fsp3) is 0.381. The highest BCUT2D eigenvalue weighted by molar-refractivity contribution is 5.83. The molecule has 0 spiro atoms. The van der Waals surface area contributed by atoms with Gasteiger partial charge in [0, 0.05) is 35.7 Å². The van der Waals surface area contributed by atoms with E-state index in [0.29, 0.717) is 24.5 Å². The lowest BCUT2D eigenvalue weighted by molar-refractivity contribution is -0.145. The topological polar surface area (TPSA) is 65.5 Å². The van der Waals surface area contributed by atoms with E-state index in [1.54, 1.807) is 0 Å². The SMILES string of the molecule is CC(=O)O[C@@H](C)CCOc1nc(C)c(-c2cccc(C=O)c2C)cc1C. The second-order valence-corrected chi connectivity index (χ2v) is 6.44. The van der Waals surface area contributed by atoms with E-state index < -0.39 is 0 Å². The van der Waals surface area contributed by atoms with E-state index in [0.717, 1.165) is 34.2 Å². The van der Waals surface area contributed by atoms with Gasteiger partial charge in [-0.15, -0.1) is 0 Å². The molecule has 26 heavy (non-hydrogen) atoms. The van der Waals surface area contributed by atoms with Gasteiger partial charge in [0.05, 0.1) is 6.61 Å². The molecule has 0 aliphatic carbocycles. The Morgan fingerprint density at radius 3 is 2.62 bits per heavy atom. The van der Waals surface area contributed by atoms with E-state index in [9.17, 15) is 9.59 Å². The van der Waals surface area contributed by atoms with Crippen LogP contribution in [0.3, 0.4) is 0 Å². The lowest BCUT2D eigenvalue weighted by Crippen LogP contribution is -2.16. The molecule has 5 heteroatoms. The standard InChI is InChI=1S/C21H25NO4/c1-13-11-20(19-8-6-7-18(12-23)15(19)3)16(4)22-21(13)25-10-9-14(2)26-17(5)24/h6-8,11-12,14H,9-10H2,1-5H3/t14-/m0/s1. The largest absolute Gasteiger partial charge is 0.477 e. The summed E-state index contributed by atoms with van der Waals surface area (Å²) in [5, 5.41) is 0. The Bertz CT molecular complexity index is 814. The second kappa shape index (κ2) is 8.61. The molecule has 138 valence electrons. The molecule has 1 atom stereocenters. The predicted molar refractivity (Wildman–Crippen MR) is 101 cm³/mol. The number of carbonyl (C=O) groups excluding carboxylic acids is 2. The van der Waals surface area contributed by atoms with E-state index in [1.807, 2.05) is 52.0 Å². The van der Waals surface area contributed by atoms with E-state index in [-0.39, 0.29) is 12.1 Å². The van der Waals surface area contributed by atoms with Gasteiger partial charge in [0.15, 0.2) is 0 Å². The lowest BCUT2D eigenvalue weighted by Gasteiger charge is -2.16. The van der Waals surface area contributed by atoms with Crippen LogP contribution in [0.1, 0.15) is 47.4 Å². The summed E-state index contributed by atoms with van der Waals surface area (Å²) in [7, 11) is 0. The Labute approximate surface area is 154 Å². The van der Waals surface area contributed by atoms with E-state index in [4.69, 9.17) is 9.47 Å². The van der Waals surface area contributed by atoms with Crippen molar-refractivity contribution in [2.24, 2.45) is 0 Å². The average Bonchev–Trinajstić information content (AvgIpc) is 2.57. The first-order chi connectivity index (χ1) is 12.3. The number of hydrogen-bond donors (Lipinski definition) is 0. The number of aromatic nitrogens is 1. The molecule has 2 rings (SSSR count). The number of ether oxygens (including phenoxy) is 2. The van der Waals surface area contributed by atoms with Gasteiger partial charge in [-0.1, -0.05) is 18.2 Å². The number of aryl methyl sites for hydroxylation is 2. The molecule has 0 fully saturated rings. The molecule has 0 aliphatic heterocycles. The molecule has 0 saturated heterocycles. The zero-order chi connectivity index (χ0) is 19.3. The van der Waals surface area contributed by atoms with Gasteiger partial charge in [0.1, 0.15) is 12.4 Å². The maximum Gasteiger partial charge on any atom is 0.302 e. The zero-order valence-corrected chi connectivity index (χ0v) is 16.0. The molecular weight excluding hydrogens is 330 g/mol. The lowest BCUT2D eigenvalue weighted by atomic mass is 9.95. The highest BCUT2D eigenvalue weighted by Gasteiger charge is 2.13. The maximum atomic E-state index is 11.2. The molecule has 0 N–H and O–H groups in total. The summed E-state index contributed by atoms with van der Waals surface area (Å²) in [6, 6.07) is 7.71. The molecule has 0 bridgehead atoms. The van der Waals surface area contributed by atoms with Gasteiger partial charge in [-0.3, -0.25) is 9.59 Å². The highest BCUT2D eigenvalue weighted by Crippen LogP contribution is 2.30. The highest BCUT2D eigenvalue weighted by atomic mass is 16.5. The summed E-state index contributed by atoms with van der Waals surface area (Å²) in [6.45, 7) is 9.46. The quantitative estimate of drug-likeness (QED) is 0.550. The van der Waals surface area contributed by atoms with Crippen molar-refractivity contribution in [2.75, 3.05) is 6.61 Å². The van der Waals surface area contributed by atoms with Crippen LogP contribution in [0.2, 0.25) is 0 Å². The van der Waals surface area contributed by atoms with Crippen molar-refractivity contribution in [1.29, 1.82) is 0 Å². The molecule has 0 unspecified atom stereocenters. The van der Waals surface area contributed by atoms with Crippen molar-refractivity contribution in [3.05, 3.63) is 46.6 Å². The molecule has 0 saturated carbocycles. The number of rotatable bonds is 7. The van der Waals surface area contributed by atoms with E-state index in [2.05, 4.69) is 4.98 Å². The molecule has 0 amide bonds. The molecule has 1 heterocycles. The normalized spacial score (nSPS) is 11.7. The Hall–Kier alpha value is -2.69. The van der Waals surface area contributed by atoms with Crippen molar-refractivity contribution in [3.8, 4) is 17.0 Å². The summed E-state index contributed by atoms with van der Waals surface area (Å²) in [4.78, 5) is 26.7. The van der Waals surface area contributed by atoms with Crippen LogP contribution in [0.5, 0.6) is 5.88 Å². The molecular formula is C21H25NO4. The van der Waals surface area contributed by atoms with Gasteiger partial charge in [-0.2, -0.15) is 0 Å². The van der Waals surface area contributed by atoms with Crippen LogP contribution in [0.4, 0.5) is 0 Å². The summed E-state index contributed by atoms with van der Waals surface area (Å²) < 4.78 is 10.9. The van der Waals surface area contributed by atoms with Crippen molar-refractivity contribution >= 4 is 12.3 Å². The number of esters is 1. The minimum atomic E-state index is -0.292. The van der Waals surface area contributed by atoms with Crippen LogP contribution >= 0.6 is 0 Å². The number of carbonyl (C=O) groups is 2. The minimum Gasteiger partial charge on any atom is -0.477 e. The summed E-state index contributed by atoms with van der Waals surface area (Å²) in [5.41, 5.74) is 5.36. The number of pyridine rings is 1. The van der Waals surface area contributed by atoms with Gasteiger partial charge in [-0.25, -0.2) is 4.98 Å². The van der Waals surface area contributed by atoms with Gasteiger partial charge < -0.3 is 9.47 Å². The fourth-order valence-electron chi connectivity index (χ4n) is 2.84. The first kappa shape index (κ1) is 19.6. The van der Waals surface area contributed by atoms with Crippen molar-refractivity contribution in [2.45, 2.75) is 47.1 Å². The average molecular weight is 355 g/mol. The molecule has 2 aromatic rings.